The van der Waals surface area contributed by atoms with Gasteiger partial charge in [-0.1, -0.05) is 12.1 Å². The molecule has 2 heterocycles. The number of rotatable bonds is 7. The minimum absolute atomic E-state index is 0.338. The third kappa shape index (κ3) is 3.64. The zero-order valence-electron chi connectivity index (χ0n) is 13.2. The minimum atomic E-state index is 0.338. The maximum atomic E-state index is 5.44. The lowest BCUT2D eigenvalue weighted by Gasteiger charge is -2.18. The Labute approximate surface area is 136 Å². The highest BCUT2D eigenvalue weighted by atomic mass is 16.7. The summed E-state index contributed by atoms with van der Waals surface area (Å²) in [5.74, 6) is 2.54. The lowest BCUT2D eigenvalue weighted by molar-refractivity contribution is 0.174. The maximum Gasteiger partial charge on any atom is 0.231 e. The first-order chi connectivity index (χ1) is 11.4. The van der Waals surface area contributed by atoms with E-state index in [1.807, 2.05) is 18.3 Å². The van der Waals surface area contributed by atoms with Crippen molar-refractivity contribution in [2.75, 3.05) is 13.3 Å². The molecule has 1 aliphatic carbocycles. The van der Waals surface area contributed by atoms with Gasteiger partial charge in [-0.25, -0.2) is 0 Å². The maximum absolute atomic E-state index is 5.44. The molecule has 4 heteroatoms. The van der Waals surface area contributed by atoms with Crippen molar-refractivity contribution in [2.24, 2.45) is 5.92 Å². The van der Waals surface area contributed by atoms with Crippen LogP contribution >= 0.6 is 0 Å². The van der Waals surface area contributed by atoms with Crippen molar-refractivity contribution in [3.05, 3.63) is 53.9 Å². The van der Waals surface area contributed by atoms with Crippen molar-refractivity contribution >= 4 is 0 Å². The Hall–Kier alpha value is -2.07. The summed E-state index contributed by atoms with van der Waals surface area (Å²) in [4.78, 5) is 4.46. The Morgan fingerprint density at radius 1 is 1.13 bits per heavy atom. The van der Waals surface area contributed by atoms with Crippen molar-refractivity contribution in [3.8, 4) is 11.5 Å². The van der Waals surface area contributed by atoms with Crippen molar-refractivity contribution in [1.29, 1.82) is 0 Å². The van der Waals surface area contributed by atoms with Crippen LogP contribution in [0.3, 0.4) is 0 Å². The van der Waals surface area contributed by atoms with Crippen LogP contribution in [0.2, 0.25) is 0 Å². The van der Waals surface area contributed by atoms with Crippen LogP contribution in [0.15, 0.2) is 42.6 Å². The summed E-state index contributed by atoms with van der Waals surface area (Å²) in [6, 6.07) is 12.9. The number of aromatic nitrogens is 1. The average Bonchev–Trinajstić information content (AvgIpc) is 3.33. The van der Waals surface area contributed by atoms with Crippen LogP contribution in [0.25, 0.3) is 0 Å². The molecule has 23 heavy (non-hydrogen) atoms. The number of nitrogens with one attached hydrogen (secondary N) is 1. The number of pyridine rings is 1. The van der Waals surface area contributed by atoms with Crippen LogP contribution in [-0.4, -0.2) is 24.4 Å². The summed E-state index contributed by atoms with van der Waals surface area (Å²) < 4.78 is 10.8. The van der Waals surface area contributed by atoms with E-state index in [2.05, 4.69) is 34.6 Å². The first kappa shape index (κ1) is 14.5. The SMILES string of the molecule is c1ccc(C[C@H](NCCc2ccc3c(c2)OCO3)C2CC2)nc1. The van der Waals surface area contributed by atoms with E-state index in [0.29, 0.717) is 12.8 Å². The van der Waals surface area contributed by atoms with E-state index in [1.165, 1.54) is 24.1 Å². The van der Waals surface area contributed by atoms with Gasteiger partial charge in [-0.2, -0.15) is 0 Å². The van der Waals surface area contributed by atoms with Gasteiger partial charge in [-0.05, 0) is 61.6 Å². The largest absolute Gasteiger partial charge is 0.454 e. The number of ether oxygens (including phenoxy) is 2. The van der Waals surface area contributed by atoms with E-state index in [4.69, 9.17) is 9.47 Å². The van der Waals surface area contributed by atoms with Gasteiger partial charge in [-0.3, -0.25) is 4.98 Å². The first-order valence-corrected chi connectivity index (χ1v) is 8.40. The van der Waals surface area contributed by atoms with Gasteiger partial charge in [0.2, 0.25) is 6.79 Å². The zero-order chi connectivity index (χ0) is 15.5. The van der Waals surface area contributed by atoms with Gasteiger partial charge >= 0.3 is 0 Å². The Bertz CT molecular complexity index is 656. The van der Waals surface area contributed by atoms with E-state index in [0.717, 1.165) is 36.8 Å². The molecule has 4 rings (SSSR count). The highest BCUT2D eigenvalue weighted by Crippen LogP contribution is 2.34. The fourth-order valence-electron chi connectivity index (χ4n) is 3.15. The molecule has 0 spiro atoms. The highest BCUT2D eigenvalue weighted by Gasteiger charge is 2.31. The molecule has 0 bridgehead atoms. The molecule has 1 atom stereocenters. The molecule has 0 radical (unpaired) electrons. The second kappa shape index (κ2) is 6.59. The minimum Gasteiger partial charge on any atom is -0.454 e. The zero-order valence-corrected chi connectivity index (χ0v) is 13.2. The number of benzene rings is 1. The molecule has 1 N–H and O–H groups in total. The molecule has 0 unspecified atom stereocenters. The monoisotopic (exact) mass is 310 g/mol. The molecule has 4 nitrogen and oxygen atoms in total. The molecule has 0 saturated heterocycles. The molecule has 1 fully saturated rings. The van der Waals surface area contributed by atoms with E-state index >= 15 is 0 Å². The summed E-state index contributed by atoms with van der Waals surface area (Å²) in [7, 11) is 0. The van der Waals surface area contributed by atoms with Crippen LogP contribution in [0.4, 0.5) is 0 Å². The third-order valence-corrected chi connectivity index (χ3v) is 4.60. The first-order valence-electron chi connectivity index (χ1n) is 8.40. The van der Waals surface area contributed by atoms with Gasteiger partial charge < -0.3 is 14.8 Å². The van der Waals surface area contributed by atoms with Crippen LogP contribution < -0.4 is 14.8 Å². The molecule has 1 aromatic heterocycles. The Morgan fingerprint density at radius 2 is 2.04 bits per heavy atom. The van der Waals surface area contributed by atoms with Crippen LogP contribution in [0.1, 0.15) is 24.1 Å². The molecule has 120 valence electrons. The van der Waals surface area contributed by atoms with Crippen LogP contribution in [0.5, 0.6) is 11.5 Å². The summed E-state index contributed by atoms with van der Waals surface area (Å²) in [6.45, 7) is 1.32. The second-order valence-corrected chi connectivity index (χ2v) is 6.36. The standard InChI is InChI=1S/C19H22N2O2/c1-2-9-20-16(3-1)12-17(15-5-6-15)21-10-8-14-4-7-18-19(11-14)23-13-22-18/h1-4,7,9,11,15,17,21H,5-6,8,10,12-13H2/t17-/m0/s1. The predicted octanol–water partition coefficient (Wildman–Crippen LogP) is 2.96. The molecular formula is C19H22N2O2. The highest BCUT2D eigenvalue weighted by molar-refractivity contribution is 5.44. The molecule has 0 amide bonds. The molecule has 2 aliphatic rings. The van der Waals surface area contributed by atoms with E-state index < -0.39 is 0 Å². The van der Waals surface area contributed by atoms with Crippen molar-refractivity contribution < 1.29 is 9.47 Å². The van der Waals surface area contributed by atoms with Crippen molar-refractivity contribution in [2.45, 2.75) is 31.7 Å². The van der Waals surface area contributed by atoms with E-state index in [1.54, 1.807) is 0 Å². The van der Waals surface area contributed by atoms with Gasteiger partial charge in [0.05, 0.1) is 0 Å². The predicted molar refractivity (Wildman–Crippen MR) is 88.7 cm³/mol. The lowest BCUT2D eigenvalue weighted by atomic mass is 10.1. The van der Waals surface area contributed by atoms with Gasteiger partial charge in [0.15, 0.2) is 11.5 Å². The van der Waals surface area contributed by atoms with Crippen LogP contribution in [0, 0.1) is 5.92 Å². The molecule has 1 saturated carbocycles. The third-order valence-electron chi connectivity index (χ3n) is 4.60. The number of nitrogens with zero attached hydrogens (tertiary/aromatic N) is 1. The Morgan fingerprint density at radius 3 is 2.87 bits per heavy atom. The number of hydrogen-bond donors (Lipinski definition) is 1. The van der Waals surface area contributed by atoms with E-state index in [-0.39, 0.29) is 0 Å². The van der Waals surface area contributed by atoms with Crippen molar-refractivity contribution in [3.63, 3.8) is 0 Å². The van der Waals surface area contributed by atoms with Gasteiger partial charge in [-0.15, -0.1) is 0 Å². The van der Waals surface area contributed by atoms with Crippen molar-refractivity contribution in [1.82, 2.24) is 10.3 Å². The Balaban J connectivity index is 1.32. The van der Waals surface area contributed by atoms with Gasteiger partial charge in [0, 0.05) is 24.4 Å². The summed E-state index contributed by atoms with van der Waals surface area (Å²) >= 11 is 0. The number of hydrogen-bond acceptors (Lipinski definition) is 4. The molecule has 1 aromatic carbocycles. The second-order valence-electron chi connectivity index (χ2n) is 6.36. The lowest BCUT2D eigenvalue weighted by Crippen LogP contribution is -2.34. The molecular weight excluding hydrogens is 288 g/mol. The van der Waals surface area contributed by atoms with Crippen LogP contribution in [-0.2, 0) is 12.8 Å². The van der Waals surface area contributed by atoms with E-state index in [9.17, 15) is 0 Å². The summed E-state index contributed by atoms with van der Waals surface area (Å²) in [6.07, 6.45) is 6.59. The number of fused-ring (bicyclic) bond motifs is 1. The smallest absolute Gasteiger partial charge is 0.231 e. The Kier molecular flexibility index (Phi) is 4.16. The van der Waals surface area contributed by atoms with Gasteiger partial charge in [0.1, 0.15) is 0 Å². The quantitative estimate of drug-likeness (QED) is 0.854. The fraction of sp³-hybridized carbons (Fsp3) is 0.421. The normalized spacial score (nSPS) is 17.2. The average molecular weight is 310 g/mol. The molecule has 2 aromatic rings. The fourth-order valence-corrected chi connectivity index (χ4v) is 3.15. The van der Waals surface area contributed by atoms with Gasteiger partial charge in [0.25, 0.3) is 0 Å². The topological polar surface area (TPSA) is 43.4 Å². The summed E-state index contributed by atoms with van der Waals surface area (Å²) in [5, 5.41) is 3.73. The summed E-state index contributed by atoms with van der Waals surface area (Å²) in [5.41, 5.74) is 2.47. The molecule has 1 aliphatic heterocycles.